The number of nitrogens with zero attached hydrogens (tertiary/aromatic N) is 1. The lowest BCUT2D eigenvalue weighted by Crippen LogP contribution is -2.32. The number of ether oxygens (including phenoxy) is 1. The van der Waals surface area contributed by atoms with Crippen LogP contribution in [0.3, 0.4) is 0 Å². The van der Waals surface area contributed by atoms with Crippen LogP contribution in [0.5, 0.6) is 5.75 Å². The van der Waals surface area contributed by atoms with Crippen LogP contribution in [0.15, 0.2) is 72.4 Å². The number of benzene rings is 3. The molecule has 0 fully saturated rings. The number of hydrogen-bond donors (Lipinski definition) is 1. The maximum Gasteiger partial charge on any atom is 0.282 e. The molecule has 1 N–H and O–H groups in total. The van der Waals surface area contributed by atoms with Crippen LogP contribution >= 0.6 is 11.6 Å². The fourth-order valence-electron chi connectivity index (χ4n) is 3.69. The zero-order valence-electron chi connectivity index (χ0n) is 18.4. The van der Waals surface area contributed by atoms with Crippen LogP contribution in [0.25, 0.3) is 5.57 Å². The van der Waals surface area contributed by atoms with Crippen LogP contribution in [-0.2, 0) is 9.59 Å². The zero-order valence-corrected chi connectivity index (χ0v) is 19.1. The number of hydrogen-bond acceptors (Lipinski definition) is 4. The Labute approximate surface area is 196 Å². The predicted octanol–water partition coefficient (Wildman–Crippen LogP) is 6.01. The highest BCUT2D eigenvalue weighted by Gasteiger charge is 2.40. The molecule has 33 heavy (non-hydrogen) atoms. The van der Waals surface area contributed by atoms with Crippen molar-refractivity contribution in [3.63, 3.8) is 0 Å². The summed E-state index contributed by atoms with van der Waals surface area (Å²) in [6, 6.07) is 17.6. The highest BCUT2D eigenvalue weighted by Crippen LogP contribution is 2.37. The predicted molar refractivity (Wildman–Crippen MR) is 128 cm³/mol. The number of anilines is 2. The Morgan fingerprint density at radius 2 is 1.61 bits per heavy atom. The number of methoxy groups -OCH3 is 1. The molecule has 7 heteroatoms. The summed E-state index contributed by atoms with van der Waals surface area (Å²) < 4.78 is 18.9. The van der Waals surface area contributed by atoms with E-state index < -0.39 is 17.6 Å². The molecule has 0 bridgehead atoms. The number of carbonyl (C=O) groups excluding carboxylic acids is 2. The van der Waals surface area contributed by atoms with E-state index in [0.717, 1.165) is 10.5 Å². The number of nitrogens with one attached hydrogen (secondary N) is 1. The van der Waals surface area contributed by atoms with Gasteiger partial charge < -0.3 is 10.1 Å². The fourth-order valence-corrected chi connectivity index (χ4v) is 3.86. The molecule has 1 heterocycles. The van der Waals surface area contributed by atoms with Gasteiger partial charge in [0, 0.05) is 5.02 Å². The van der Waals surface area contributed by atoms with Gasteiger partial charge in [-0.3, -0.25) is 9.59 Å². The Hall–Kier alpha value is -3.64. The average Bonchev–Trinajstić information content (AvgIpc) is 3.04. The largest absolute Gasteiger partial charge is 0.495 e. The number of carbonyl (C=O) groups is 2. The van der Waals surface area contributed by atoms with E-state index in [-0.39, 0.29) is 11.3 Å². The van der Waals surface area contributed by atoms with Crippen molar-refractivity contribution in [3.05, 3.63) is 94.4 Å². The number of rotatable bonds is 6. The summed E-state index contributed by atoms with van der Waals surface area (Å²) in [5, 5.41) is 3.47. The van der Waals surface area contributed by atoms with Gasteiger partial charge in [-0.1, -0.05) is 49.7 Å². The smallest absolute Gasteiger partial charge is 0.282 e. The molecule has 0 spiro atoms. The maximum atomic E-state index is 13.6. The summed E-state index contributed by atoms with van der Waals surface area (Å²) in [6.07, 6.45) is 0. The van der Waals surface area contributed by atoms with Crippen LogP contribution in [0.2, 0.25) is 5.02 Å². The Bertz CT molecular complexity index is 1250. The molecule has 0 atom stereocenters. The minimum absolute atomic E-state index is 0.0557. The Morgan fingerprint density at radius 3 is 2.21 bits per heavy atom. The molecule has 2 amide bonds. The molecule has 3 aromatic carbocycles. The summed E-state index contributed by atoms with van der Waals surface area (Å²) in [4.78, 5) is 28.1. The van der Waals surface area contributed by atoms with Gasteiger partial charge in [0.15, 0.2) is 0 Å². The monoisotopic (exact) mass is 464 g/mol. The van der Waals surface area contributed by atoms with E-state index in [2.05, 4.69) is 19.2 Å². The van der Waals surface area contributed by atoms with Crippen molar-refractivity contribution in [1.29, 1.82) is 0 Å². The van der Waals surface area contributed by atoms with Crippen LogP contribution in [0, 0.1) is 5.82 Å². The van der Waals surface area contributed by atoms with E-state index >= 15 is 0 Å². The molecule has 4 rings (SSSR count). The molecule has 0 saturated heterocycles. The van der Waals surface area contributed by atoms with Crippen molar-refractivity contribution in [3.8, 4) is 5.75 Å². The van der Waals surface area contributed by atoms with Crippen molar-refractivity contribution in [2.45, 2.75) is 19.8 Å². The van der Waals surface area contributed by atoms with E-state index in [1.54, 1.807) is 30.3 Å². The Morgan fingerprint density at radius 1 is 0.939 bits per heavy atom. The van der Waals surface area contributed by atoms with E-state index in [1.807, 2.05) is 12.1 Å². The van der Waals surface area contributed by atoms with Crippen molar-refractivity contribution in [1.82, 2.24) is 0 Å². The molecule has 0 unspecified atom stereocenters. The third-order valence-electron chi connectivity index (χ3n) is 5.46. The molecular formula is C26H22ClFN2O3. The summed E-state index contributed by atoms with van der Waals surface area (Å²) >= 11 is 6.14. The third-order valence-corrected chi connectivity index (χ3v) is 5.69. The number of amides is 2. The topological polar surface area (TPSA) is 58.6 Å². The van der Waals surface area contributed by atoms with Crippen molar-refractivity contribution < 1.29 is 18.7 Å². The molecule has 5 nitrogen and oxygen atoms in total. The number of halogens is 2. The lowest BCUT2D eigenvalue weighted by atomic mass is 10.0. The lowest BCUT2D eigenvalue weighted by Gasteiger charge is -2.17. The second kappa shape index (κ2) is 9.08. The van der Waals surface area contributed by atoms with Gasteiger partial charge in [-0.25, -0.2) is 9.29 Å². The first kappa shape index (κ1) is 22.6. The first-order chi connectivity index (χ1) is 15.8. The summed E-state index contributed by atoms with van der Waals surface area (Å²) in [6.45, 7) is 4.13. The molecule has 3 aromatic rings. The SMILES string of the molecule is COc1ccc(Cl)cc1NC1=C(c2ccc(F)cc2)C(=O)N(c2ccc(C(C)C)cc2)C1=O. The second-order valence-corrected chi connectivity index (χ2v) is 8.35. The van der Waals surface area contributed by atoms with E-state index in [4.69, 9.17) is 16.3 Å². The normalized spacial score (nSPS) is 13.8. The van der Waals surface area contributed by atoms with Gasteiger partial charge in [0.2, 0.25) is 0 Å². The van der Waals surface area contributed by atoms with Gasteiger partial charge >= 0.3 is 0 Å². The first-order valence-electron chi connectivity index (χ1n) is 10.4. The standard InChI is InChI=1S/C26H22ClFN2O3/c1-15(2)16-6-11-20(12-7-16)30-25(31)23(17-4-9-19(28)10-5-17)24(26(30)32)29-21-14-18(27)8-13-22(21)33-3/h4-15,29H,1-3H3. The van der Waals surface area contributed by atoms with Gasteiger partial charge in [-0.05, 0) is 59.5 Å². The van der Waals surface area contributed by atoms with E-state index in [9.17, 15) is 14.0 Å². The van der Waals surface area contributed by atoms with Crippen molar-refractivity contribution >= 4 is 40.4 Å². The van der Waals surface area contributed by atoms with Gasteiger partial charge in [0.25, 0.3) is 11.8 Å². The Kier molecular flexibility index (Phi) is 6.20. The summed E-state index contributed by atoms with van der Waals surface area (Å²) in [5.41, 5.74) is 2.57. The maximum absolute atomic E-state index is 13.6. The van der Waals surface area contributed by atoms with Crippen molar-refractivity contribution in [2.75, 3.05) is 17.3 Å². The molecule has 168 valence electrons. The molecular weight excluding hydrogens is 443 g/mol. The van der Waals surface area contributed by atoms with Gasteiger partial charge in [-0.15, -0.1) is 0 Å². The summed E-state index contributed by atoms with van der Waals surface area (Å²) in [5.74, 6) is -0.718. The minimum atomic E-state index is -0.529. The van der Waals surface area contributed by atoms with Crippen LogP contribution in [-0.4, -0.2) is 18.9 Å². The number of imide groups is 1. The van der Waals surface area contributed by atoms with Crippen LogP contribution in [0.1, 0.15) is 30.9 Å². The lowest BCUT2D eigenvalue weighted by molar-refractivity contribution is -0.120. The summed E-state index contributed by atoms with van der Waals surface area (Å²) in [7, 11) is 1.49. The van der Waals surface area contributed by atoms with Gasteiger partial charge in [0.05, 0.1) is 24.1 Å². The van der Waals surface area contributed by atoms with Crippen LogP contribution in [0.4, 0.5) is 15.8 Å². The van der Waals surface area contributed by atoms with E-state index in [0.29, 0.717) is 33.6 Å². The highest BCUT2D eigenvalue weighted by atomic mass is 35.5. The Balaban J connectivity index is 1.82. The fraction of sp³-hybridized carbons (Fsp3) is 0.154. The molecule has 1 aliphatic heterocycles. The minimum Gasteiger partial charge on any atom is -0.495 e. The van der Waals surface area contributed by atoms with Crippen molar-refractivity contribution in [2.24, 2.45) is 0 Å². The second-order valence-electron chi connectivity index (χ2n) is 7.92. The third kappa shape index (κ3) is 4.34. The zero-order chi connectivity index (χ0) is 23.7. The molecule has 0 aliphatic carbocycles. The molecule has 0 saturated carbocycles. The quantitative estimate of drug-likeness (QED) is 0.454. The van der Waals surface area contributed by atoms with Gasteiger partial charge in [0.1, 0.15) is 17.3 Å². The highest BCUT2D eigenvalue weighted by molar-refractivity contribution is 6.46. The molecule has 0 radical (unpaired) electrons. The van der Waals surface area contributed by atoms with E-state index in [1.165, 1.54) is 31.4 Å². The average molecular weight is 465 g/mol. The van der Waals surface area contributed by atoms with Crippen LogP contribution < -0.4 is 15.0 Å². The first-order valence-corrected chi connectivity index (χ1v) is 10.8. The molecule has 0 aromatic heterocycles. The molecule has 1 aliphatic rings. The van der Waals surface area contributed by atoms with Gasteiger partial charge in [-0.2, -0.15) is 0 Å².